The summed E-state index contributed by atoms with van der Waals surface area (Å²) in [6.07, 6.45) is 0.455. The van der Waals surface area contributed by atoms with Crippen LogP contribution in [-0.2, 0) is 23.3 Å². The van der Waals surface area contributed by atoms with Gasteiger partial charge in [-0.3, -0.25) is 9.09 Å². The first-order chi connectivity index (χ1) is 16.7. The van der Waals surface area contributed by atoms with E-state index in [0.717, 1.165) is 16.3 Å². The van der Waals surface area contributed by atoms with Crippen LogP contribution < -0.4 is 0 Å². The first kappa shape index (κ1) is 22.7. The molecule has 2 aliphatic rings. The lowest BCUT2D eigenvalue weighted by Gasteiger charge is -2.24. The summed E-state index contributed by atoms with van der Waals surface area (Å²) in [6, 6.07) is 14.2. The normalized spacial score (nSPS) is 25.9. The SMILES string of the molecule is CC1(C)O[C@@H]2[C@H](O1)[C@@H](COP(=O)(O)O)O[C@H]2n1cnc2c(-c3ccc4ccccc4c3)ncnc21. The summed E-state index contributed by atoms with van der Waals surface area (Å²) < 4.78 is 35.9. The maximum atomic E-state index is 11.3. The van der Waals surface area contributed by atoms with Crippen molar-refractivity contribution in [2.45, 2.75) is 44.2 Å². The summed E-state index contributed by atoms with van der Waals surface area (Å²) in [5, 5.41) is 2.21. The molecule has 4 heterocycles. The Morgan fingerprint density at radius 1 is 1.06 bits per heavy atom. The monoisotopic (exact) mass is 498 g/mol. The van der Waals surface area contributed by atoms with E-state index < -0.39 is 38.1 Å². The van der Waals surface area contributed by atoms with E-state index in [-0.39, 0.29) is 6.61 Å². The van der Waals surface area contributed by atoms with Crippen molar-refractivity contribution in [1.29, 1.82) is 0 Å². The van der Waals surface area contributed by atoms with Crippen LogP contribution in [0, 0.1) is 0 Å². The molecule has 0 amide bonds. The van der Waals surface area contributed by atoms with Gasteiger partial charge in [-0.05, 0) is 30.7 Å². The van der Waals surface area contributed by atoms with Crippen LogP contribution in [0.15, 0.2) is 55.1 Å². The zero-order chi connectivity index (χ0) is 24.4. The largest absolute Gasteiger partial charge is 0.469 e. The number of benzene rings is 2. The average molecular weight is 498 g/mol. The molecule has 2 N–H and O–H groups in total. The van der Waals surface area contributed by atoms with Crippen molar-refractivity contribution < 1.29 is 33.1 Å². The Labute approximate surface area is 199 Å². The molecule has 0 bridgehead atoms. The highest BCUT2D eigenvalue weighted by atomic mass is 31.2. The molecule has 0 saturated carbocycles. The molecule has 12 heteroatoms. The lowest BCUT2D eigenvalue weighted by molar-refractivity contribution is -0.199. The zero-order valence-corrected chi connectivity index (χ0v) is 19.8. The molecule has 2 saturated heterocycles. The van der Waals surface area contributed by atoms with Crippen LogP contribution >= 0.6 is 7.82 Å². The molecule has 35 heavy (non-hydrogen) atoms. The first-order valence-electron chi connectivity index (χ1n) is 11.1. The van der Waals surface area contributed by atoms with Crippen molar-refractivity contribution in [2.75, 3.05) is 6.61 Å². The average Bonchev–Trinajstić information content (AvgIpc) is 3.47. The molecule has 0 radical (unpaired) electrons. The van der Waals surface area contributed by atoms with Crippen LogP contribution in [-0.4, -0.2) is 60.0 Å². The number of ether oxygens (including phenoxy) is 3. The second-order valence-corrected chi connectivity index (χ2v) is 10.3. The van der Waals surface area contributed by atoms with Crippen molar-refractivity contribution in [1.82, 2.24) is 19.5 Å². The maximum absolute atomic E-state index is 11.3. The first-order valence-corrected chi connectivity index (χ1v) is 12.6. The van der Waals surface area contributed by atoms with Crippen molar-refractivity contribution >= 4 is 29.8 Å². The van der Waals surface area contributed by atoms with Gasteiger partial charge in [0.25, 0.3) is 0 Å². The maximum Gasteiger partial charge on any atom is 0.469 e. The van der Waals surface area contributed by atoms with Gasteiger partial charge in [-0.1, -0.05) is 36.4 Å². The molecule has 182 valence electrons. The number of aromatic nitrogens is 4. The molecule has 4 aromatic rings. The smallest absolute Gasteiger partial charge is 0.347 e. The highest BCUT2D eigenvalue weighted by molar-refractivity contribution is 7.46. The fraction of sp³-hybridized carbons (Fsp3) is 0.348. The number of nitrogens with zero attached hydrogens (tertiary/aromatic N) is 4. The lowest BCUT2D eigenvalue weighted by Crippen LogP contribution is -2.32. The van der Waals surface area contributed by atoms with Crippen LogP contribution in [0.4, 0.5) is 0 Å². The van der Waals surface area contributed by atoms with Gasteiger partial charge < -0.3 is 24.0 Å². The van der Waals surface area contributed by atoms with Gasteiger partial charge in [0.05, 0.1) is 12.9 Å². The number of rotatable bonds is 5. The minimum Gasteiger partial charge on any atom is -0.347 e. The van der Waals surface area contributed by atoms with Crippen LogP contribution in [0.2, 0.25) is 0 Å². The number of phosphoric ester groups is 1. The van der Waals surface area contributed by atoms with E-state index in [1.54, 1.807) is 24.7 Å². The van der Waals surface area contributed by atoms with Crippen LogP contribution in [0.1, 0.15) is 20.1 Å². The van der Waals surface area contributed by atoms with E-state index in [4.69, 9.17) is 28.5 Å². The Bertz CT molecular complexity index is 1470. The topological polar surface area (TPSA) is 138 Å². The third-order valence-electron chi connectivity index (χ3n) is 6.19. The number of hydrogen-bond donors (Lipinski definition) is 2. The highest BCUT2D eigenvalue weighted by Crippen LogP contribution is 2.45. The summed E-state index contributed by atoms with van der Waals surface area (Å²) in [4.78, 5) is 31.8. The molecule has 0 spiro atoms. The molecule has 0 aliphatic carbocycles. The Balaban J connectivity index is 1.38. The molecule has 2 aromatic carbocycles. The summed E-state index contributed by atoms with van der Waals surface area (Å²) in [6.45, 7) is 3.19. The van der Waals surface area contributed by atoms with Crippen molar-refractivity contribution in [3.63, 3.8) is 0 Å². The van der Waals surface area contributed by atoms with Gasteiger partial charge in [0, 0.05) is 5.56 Å². The van der Waals surface area contributed by atoms with E-state index >= 15 is 0 Å². The van der Waals surface area contributed by atoms with Gasteiger partial charge in [-0.15, -0.1) is 0 Å². The molecular weight excluding hydrogens is 475 g/mol. The van der Waals surface area contributed by atoms with E-state index in [9.17, 15) is 4.57 Å². The summed E-state index contributed by atoms with van der Waals surface area (Å²) >= 11 is 0. The van der Waals surface area contributed by atoms with E-state index in [1.807, 2.05) is 30.3 Å². The molecule has 2 aromatic heterocycles. The summed E-state index contributed by atoms with van der Waals surface area (Å²) in [5.74, 6) is -0.903. The van der Waals surface area contributed by atoms with Crippen molar-refractivity contribution in [3.8, 4) is 11.3 Å². The second kappa shape index (κ2) is 8.14. The molecule has 6 rings (SSSR count). The van der Waals surface area contributed by atoms with Gasteiger partial charge in [0.2, 0.25) is 0 Å². The Kier molecular flexibility index (Phi) is 5.28. The molecule has 0 unspecified atom stereocenters. The highest BCUT2D eigenvalue weighted by Gasteiger charge is 2.56. The predicted molar refractivity (Wildman–Crippen MR) is 124 cm³/mol. The van der Waals surface area contributed by atoms with Crippen LogP contribution in [0.3, 0.4) is 0 Å². The summed E-state index contributed by atoms with van der Waals surface area (Å²) in [5.41, 5.74) is 2.72. The number of phosphoric acid groups is 1. The molecule has 4 atom stereocenters. The second-order valence-electron chi connectivity index (χ2n) is 9.02. The quantitative estimate of drug-likeness (QED) is 0.395. The van der Waals surface area contributed by atoms with Gasteiger partial charge >= 0.3 is 7.82 Å². The Morgan fingerprint density at radius 3 is 2.63 bits per heavy atom. The van der Waals surface area contributed by atoms with Crippen molar-refractivity contribution in [3.05, 3.63) is 55.1 Å². The minimum absolute atomic E-state index is 0.356. The van der Waals surface area contributed by atoms with Gasteiger partial charge in [0.15, 0.2) is 17.7 Å². The molecule has 2 fully saturated rings. The van der Waals surface area contributed by atoms with E-state index in [0.29, 0.717) is 16.9 Å². The summed E-state index contributed by atoms with van der Waals surface area (Å²) in [7, 11) is -4.68. The van der Waals surface area contributed by atoms with Crippen LogP contribution in [0.5, 0.6) is 0 Å². The minimum atomic E-state index is -4.68. The fourth-order valence-electron chi connectivity index (χ4n) is 4.77. The van der Waals surface area contributed by atoms with E-state index in [2.05, 4.69) is 27.1 Å². The van der Waals surface area contributed by atoms with Gasteiger partial charge in [-0.25, -0.2) is 19.5 Å². The third kappa shape index (κ3) is 4.15. The van der Waals surface area contributed by atoms with Gasteiger partial charge in [0.1, 0.15) is 35.8 Å². The Morgan fingerprint density at radius 2 is 1.83 bits per heavy atom. The number of fused-ring (bicyclic) bond motifs is 3. The van der Waals surface area contributed by atoms with Gasteiger partial charge in [-0.2, -0.15) is 0 Å². The van der Waals surface area contributed by atoms with E-state index in [1.165, 1.54) is 6.33 Å². The van der Waals surface area contributed by atoms with Crippen LogP contribution in [0.25, 0.3) is 33.2 Å². The Hall–Kier alpha value is -2.76. The third-order valence-corrected chi connectivity index (χ3v) is 6.67. The lowest BCUT2D eigenvalue weighted by atomic mass is 10.0. The zero-order valence-electron chi connectivity index (χ0n) is 18.9. The standard InChI is InChI=1S/C23H23N4O7P/c1-23(2)33-19-16(10-31-35(28,29)30)32-22(20(19)34-23)27-12-26-18-17(24-11-25-21(18)27)15-8-7-13-5-3-4-6-14(13)9-15/h3-9,11-12,16,19-20,22H,10H2,1-2H3,(H2,28,29,30)/t16-,19-,20-,22-/m1/s1. The molecular formula is C23H23N4O7P. The molecule has 2 aliphatic heterocycles. The molecule has 11 nitrogen and oxygen atoms in total. The number of imidazole rings is 1. The fourth-order valence-corrected chi connectivity index (χ4v) is 5.11. The predicted octanol–water partition coefficient (Wildman–Crippen LogP) is 3.17. The van der Waals surface area contributed by atoms with Crippen molar-refractivity contribution in [2.24, 2.45) is 0 Å². The number of hydrogen-bond acceptors (Lipinski definition) is 8.